The van der Waals surface area contributed by atoms with Crippen LogP contribution >= 0.6 is 0 Å². The fourth-order valence-corrected chi connectivity index (χ4v) is 2.69. The van der Waals surface area contributed by atoms with Gasteiger partial charge >= 0.3 is 0 Å². The summed E-state index contributed by atoms with van der Waals surface area (Å²) in [6.45, 7) is 5.37. The van der Waals surface area contributed by atoms with E-state index in [1.807, 2.05) is 19.9 Å². The van der Waals surface area contributed by atoms with Crippen molar-refractivity contribution in [1.82, 2.24) is 25.2 Å². The quantitative estimate of drug-likeness (QED) is 0.909. The molecular formula is C13H19N5O2. The van der Waals surface area contributed by atoms with E-state index < -0.39 is 0 Å². The van der Waals surface area contributed by atoms with Crippen LogP contribution in [0, 0.1) is 13.8 Å². The highest BCUT2D eigenvalue weighted by Crippen LogP contribution is 2.32. The van der Waals surface area contributed by atoms with Gasteiger partial charge < -0.3 is 9.26 Å². The van der Waals surface area contributed by atoms with E-state index in [0.29, 0.717) is 0 Å². The summed E-state index contributed by atoms with van der Waals surface area (Å²) in [4.78, 5) is 6.74. The van der Waals surface area contributed by atoms with E-state index in [-0.39, 0.29) is 12.1 Å². The van der Waals surface area contributed by atoms with E-state index >= 15 is 0 Å². The summed E-state index contributed by atoms with van der Waals surface area (Å²) >= 11 is 0. The maximum absolute atomic E-state index is 5.49. The maximum atomic E-state index is 5.49. The number of aromatic nitrogens is 4. The molecule has 0 aromatic carbocycles. The van der Waals surface area contributed by atoms with Crippen LogP contribution in [0.15, 0.2) is 10.6 Å². The Labute approximate surface area is 117 Å². The minimum atomic E-state index is 0.155. The van der Waals surface area contributed by atoms with Crippen molar-refractivity contribution < 1.29 is 9.26 Å². The van der Waals surface area contributed by atoms with Crippen LogP contribution < -0.4 is 0 Å². The van der Waals surface area contributed by atoms with Gasteiger partial charge in [-0.25, -0.2) is 4.98 Å². The predicted molar refractivity (Wildman–Crippen MR) is 70.9 cm³/mol. The third-order valence-corrected chi connectivity index (χ3v) is 3.65. The molecule has 3 rings (SSSR count). The van der Waals surface area contributed by atoms with Crippen molar-refractivity contribution in [3.8, 4) is 0 Å². The first-order valence-electron chi connectivity index (χ1n) is 6.73. The Balaban J connectivity index is 1.79. The van der Waals surface area contributed by atoms with Crippen molar-refractivity contribution in [2.75, 3.05) is 13.7 Å². The molecule has 1 fully saturated rings. The van der Waals surface area contributed by atoms with E-state index in [4.69, 9.17) is 9.26 Å². The smallest absolute Gasteiger partial charge is 0.167 e. The SMILES string of the molecule is CO[C@@H]1C[C@@H](c2n[nH]c(C)n2)N(Cc2cc(C)on2)C1. The van der Waals surface area contributed by atoms with Crippen LogP contribution in [0.2, 0.25) is 0 Å². The highest BCUT2D eigenvalue weighted by Gasteiger charge is 2.35. The highest BCUT2D eigenvalue weighted by atomic mass is 16.5. The molecule has 7 heteroatoms. The standard InChI is InChI=1S/C13H19N5O2/c1-8-4-10(17-20-8)6-18-7-11(19-3)5-12(18)13-14-9(2)15-16-13/h4,11-12H,5-7H2,1-3H3,(H,14,15,16)/t11-,12+/m1/s1. The lowest BCUT2D eigenvalue weighted by Gasteiger charge is -2.20. The fourth-order valence-electron chi connectivity index (χ4n) is 2.69. The molecule has 0 aliphatic carbocycles. The predicted octanol–water partition coefficient (Wildman–Crippen LogP) is 1.37. The largest absolute Gasteiger partial charge is 0.380 e. The normalized spacial score (nSPS) is 23.6. The number of H-pyrrole nitrogens is 1. The lowest BCUT2D eigenvalue weighted by Crippen LogP contribution is -2.25. The van der Waals surface area contributed by atoms with Crippen LogP contribution in [-0.4, -0.2) is 45.0 Å². The van der Waals surface area contributed by atoms with Crippen molar-refractivity contribution >= 4 is 0 Å². The van der Waals surface area contributed by atoms with Crippen LogP contribution in [0.25, 0.3) is 0 Å². The number of nitrogens with zero attached hydrogens (tertiary/aromatic N) is 4. The van der Waals surface area contributed by atoms with Gasteiger partial charge in [-0.05, 0) is 20.3 Å². The van der Waals surface area contributed by atoms with Gasteiger partial charge in [-0.15, -0.1) is 0 Å². The van der Waals surface area contributed by atoms with E-state index in [9.17, 15) is 0 Å². The molecule has 2 aromatic heterocycles. The zero-order valence-electron chi connectivity index (χ0n) is 12.0. The molecule has 0 spiro atoms. The number of hydrogen-bond acceptors (Lipinski definition) is 6. The summed E-state index contributed by atoms with van der Waals surface area (Å²) in [5, 5.41) is 11.2. The fraction of sp³-hybridized carbons (Fsp3) is 0.615. The van der Waals surface area contributed by atoms with Crippen molar-refractivity contribution in [3.63, 3.8) is 0 Å². The number of aryl methyl sites for hydroxylation is 2. The van der Waals surface area contributed by atoms with E-state index in [0.717, 1.165) is 42.6 Å². The molecule has 20 heavy (non-hydrogen) atoms. The molecule has 3 heterocycles. The minimum absolute atomic E-state index is 0.155. The molecule has 1 aliphatic rings. The summed E-state index contributed by atoms with van der Waals surface area (Å²) in [5.41, 5.74) is 0.927. The Morgan fingerprint density at radius 3 is 2.95 bits per heavy atom. The number of ether oxygens (including phenoxy) is 1. The van der Waals surface area contributed by atoms with Crippen molar-refractivity contribution in [1.29, 1.82) is 0 Å². The first kappa shape index (κ1) is 13.3. The zero-order valence-corrected chi connectivity index (χ0v) is 12.0. The third-order valence-electron chi connectivity index (χ3n) is 3.65. The van der Waals surface area contributed by atoms with E-state index in [1.165, 1.54) is 0 Å². The molecular weight excluding hydrogens is 258 g/mol. The Morgan fingerprint density at radius 2 is 2.35 bits per heavy atom. The topological polar surface area (TPSA) is 80.1 Å². The van der Waals surface area contributed by atoms with Gasteiger partial charge in [-0.1, -0.05) is 5.16 Å². The summed E-state index contributed by atoms with van der Waals surface area (Å²) < 4.78 is 10.6. The summed E-state index contributed by atoms with van der Waals surface area (Å²) in [6, 6.07) is 2.11. The van der Waals surface area contributed by atoms with E-state index in [2.05, 4.69) is 25.2 Å². The average Bonchev–Trinajstić information content (AvgIpc) is 3.11. The molecule has 7 nitrogen and oxygen atoms in total. The second-order valence-corrected chi connectivity index (χ2v) is 5.25. The molecule has 1 saturated heterocycles. The monoisotopic (exact) mass is 277 g/mol. The first-order chi connectivity index (χ1) is 9.65. The molecule has 0 bridgehead atoms. The summed E-state index contributed by atoms with van der Waals surface area (Å²) in [5.74, 6) is 2.48. The van der Waals surface area contributed by atoms with Gasteiger partial charge in [0.25, 0.3) is 0 Å². The number of methoxy groups -OCH3 is 1. The van der Waals surface area contributed by atoms with Crippen molar-refractivity contribution in [2.45, 2.75) is 39.0 Å². The lowest BCUT2D eigenvalue weighted by molar-refractivity contribution is 0.107. The molecule has 2 atom stereocenters. The molecule has 0 saturated carbocycles. The second kappa shape index (κ2) is 5.34. The lowest BCUT2D eigenvalue weighted by atomic mass is 10.2. The van der Waals surface area contributed by atoms with E-state index in [1.54, 1.807) is 7.11 Å². The van der Waals surface area contributed by atoms with Gasteiger partial charge in [-0.3, -0.25) is 10.00 Å². The van der Waals surface area contributed by atoms with Gasteiger partial charge in [0.05, 0.1) is 17.8 Å². The van der Waals surface area contributed by atoms with Crippen LogP contribution in [0.1, 0.15) is 35.6 Å². The van der Waals surface area contributed by atoms with Gasteiger partial charge in [0.15, 0.2) is 5.82 Å². The third kappa shape index (κ3) is 2.59. The Hall–Kier alpha value is -1.73. The molecule has 1 N–H and O–H groups in total. The minimum Gasteiger partial charge on any atom is -0.380 e. The molecule has 1 aliphatic heterocycles. The zero-order chi connectivity index (χ0) is 14.1. The molecule has 0 unspecified atom stereocenters. The van der Waals surface area contributed by atoms with Crippen LogP contribution in [0.3, 0.4) is 0 Å². The molecule has 2 aromatic rings. The highest BCUT2D eigenvalue weighted by molar-refractivity contribution is 5.07. The van der Waals surface area contributed by atoms with Crippen molar-refractivity contribution in [2.24, 2.45) is 0 Å². The number of rotatable bonds is 4. The number of nitrogens with one attached hydrogen (secondary N) is 1. The molecule has 0 radical (unpaired) electrons. The van der Waals surface area contributed by atoms with Gasteiger partial charge in [-0.2, -0.15) is 5.10 Å². The molecule has 0 amide bonds. The van der Waals surface area contributed by atoms with Crippen molar-refractivity contribution in [3.05, 3.63) is 29.2 Å². The maximum Gasteiger partial charge on any atom is 0.167 e. The van der Waals surface area contributed by atoms with Crippen LogP contribution in [0.5, 0.6) is 0 Å². The summed E-state index contributed by atoms with van der Waals surface area (Å²) in [7, 11) is 1.74. The van der Waals surface area contributed by atoms with Crippen LogP contribution in [0.4, 0.5) is 0 Å². The van der Waals surface area contributed by atoms with Gasteiger partial charge in [0, 0.05) is 26.3 Å². The number of hydrogen-bond donors (Lipinski definition) is 1. The first-order valence-corrected chi connectivity index (χ1v) is 6.73. The van der Waals surface area contributed by atoms with Gasteiger partial charge in [0.2, 0.25) is 0 Å². The van der Waals surface area contributed by atoms with Crippen LogP contribution in [-0.2, 0) is 11.3 Å². The Morgan fingerprint density at radius 1 is 1.50 bits per heavy atom. The molecule has 108 valence electrons. The number of likely N-dealkylation sites (tertiary alicyclic amines) is 1. The second-order valence-electron chi connectivity index (χ2n) is 5.25. The Bertz CT molecular complexity index is 579. The Kier molecular flexibility index (Phi) is 3.54. The number of aromatic amines is 1. The summed E-state index contributed by atoms with van der Waals surface area (Å²) in [6.07, 6.45) is 1.09. The van der Waals surface area contributed by atoms with Gasteiger partial charge in [0.1, 0.15) is 11.6 Å². The average molecular weight is 277 g/mol.